The third-order valence-electron chi connectivity index (χ3n) is 1.34. The smallest absolute Gasteiger partial charge is 0.441 e. The lowest BCUT2D eigenvalue weighted by atomic mass is 10.5. The van der Waals surface area contributed by atoms with Crippen molar-refractivity contribution in [3.63, 3.8) is 0 Å². The first-order valence-electron chi connectivity index (χ1n) is 4.35. The van der Waals surface area contributed by atoms with Crippen LogP contribution in [0.2, 0.25) is 0 Å². The average Bonchev–Trinajstić information content (AvgIpc) is 2.11. The zero-order valence-corrected chi connectivity index (χ0v) is 10.1. The summed E-state index contributed by atoms with van der Waals surface area (Å²) in [6, 6.07) is 0. The van der Waals surface area contributed by atoms with Crippen LogP contribution in [0.25, 0.3) is 0 Å². The number of esters is 1. The van der Waals surface area contributed by atoms with E-state index < -0.39 is 10.8 Å². The van der Waals surface area contributed by atoms with Crippen LogP contribution in [0.5, 0.6) is 0 Å². The highest BCUT2D eigenvalue weighted by molar-refractivity contribution is 8.03. The summed E-state index contributed by atoms with van der Waals surface area (Å²) in [5.74, 6) is -0.137. The van der Waals surface area contributed by atoms with E-state index in [1.807, 2.05) is 0 Å². The second kappa shape index (κ2) is 7.27. The van der Waals surface area contributed by atoms with E-state index in [9.17, 15) is 18.0 Å². The fourth-order valence-electron chi connectivity index (χ4n) is 0.710. The molecule has 0 amide bonds. The summed E-state index contributed by atoms with van der Waals surface area (Å²) < 4.78 is 39.9. The van der Waals surface area contributed by atoms with Crippen molar-refractivity contribution in [3.8, 4) is 0 Å². The van der Waals surface area contributed by atoms with Crippen molar-refractivity contribution >= 4 is 29.5 Å². The molecular weight excluding hydrogens is 249 g/mol. The van der Waals surface area contributed by atoms with Crippen LogP contribution in [0.3, 0.4) is 0 Å². The minimum Gasteiger partial charge on any atom is -0.465 e. The molecule has 0 aliphatic heterocycles. The number of hydrogen-bond acceptors (Lipinski definition) is 4. The standard InChI is InChI=1S/C8H13F3O2S2/c1-3-13-7(12)6(2)14-4-5-15-8(9,10)11/h6H,3-5H2,1-2H3. The van der Waals surface area contributed by atoms with Gasteiger partial charge in [0.05, 0.1) is 11.9 Å². The van der Waals surface area contributed by atoms with Gasteiger partial charge in [-0.05, 0) is 13.8 Å². The number of thioether (sulfide) groups is 2. The van der Waals surface area contributed by atoms with Gasteiger partial charge in [0.1, 0.15) is 0 Å². The molecule has 0 aliphatic rings. The van der Waals surface area contributed by atoms with Gasteiger partial charge in [0.15, 0.2) is 0 Å². The van der Waals surface area contributed by atoms with Crippen molar-refractivity contribution < 1.29 is 22.7 Å². The van der Waals surface area contributed by atoms with Gasteiger partial charge >= 0.3 is 11.5 Å². The zero-order chi connectivity index (χ0) is 11.9. The lowest BCUT2D eigenvalue weighted by Gasteiger charge is -2.10. The van der Waals surface area contributed by atoms with Gasteiger partial charge in [-0.3, -0.25) is 4.79 Å². The van der Waals surface area contributed by atoms with Crippen LogP contribution in [0.15, 0.2) is 0 Å². The molecule has 2 nitrogen and oxygen atoms in total. The number of rotatable bonds is 6. The summed E-state index contributed by atoms with van der Waals surface area (Å²) >= 11 is 1.10. The summed E-state index contributed by atoms with van der Waals surface area (Å²) in [7, 11) is 0. The molecule has 0 saturated heterocycles. The molecule has 1 unspecified atom stereocenters. The highest BCUT2D eigenvalue weighted by Gasteiger charge is 2.27. The molecule has 0 fully saturated rings. The summed E-state index contributed by atoms with van der Waals surface area (Å²) in [6.45, 7) is 3.61. The summed E-state index contributed by atoms with van der Waals surface area (Å²) in [5, 5.41) is -0.404. The molecular formula is C8H13F3O2S2. The number of hydrogen-bond donors (Lipinski definition) is 0. The van der Waals surface area contributed by atoms with Crippen LogP contribution in [0.1, 0.15) is 13.8 Å². The Morgan fingerprint density at radius 1 is 1.40 bits per heavy atom. The van der Waals surface area contributed by atoms with Crippen molar-refractivity contribution in [2.45, 2.75) is 24.6 Å². The highest BCUT2D eigenvalue weighted by atomic mass is 32.2. The van der Waals surface area contributed by atoms with Crippen LogP contribution in [-0.2, 0) is 9.53 Å². The molecule has 1 atom stereocenters. The van der Waals surface area contributed by atoms with Crippen LogP contribution in [0.4, 0.5) is 13.2 Å². The van der Waals surface area contributed by atoms with E-state index in [4.69, 9.17) is 4.74 Å². The third kappa shape index (κ3) is 8.92. The maximum absolute atomic E-state index is 11.7. The molecule has 0 aromatic carbocycles. The van der Waals surface area contributed by atoms with E-state index in [2.05, 4.69) is 0 Å². The fraction of sp³-hybridized carbons (Fsp3) is 0.875. The summed E-state index contributed by atoms with van der Waals surface area (Å²) in [6.07, 6.45) is 0. The molecule has 0 heterocycles. The number of alkyl halides is 3. The van der Waals surface area contributed by atoms with Crippen molar-refractivity contribution in [2.24, 2.45) is 0 Å². The molecule has 0 bridgehead atoms. The first kappa shape index (κ1) is 15.0. The van der Waals surface area contributed by atoms with Gasteiger partial charge in [0.25, 0.3) is 0 Å². The molecule has 7 heteroatoms. The normalized spacial score (nSPS) is 13.7. The van der Waals surface area contributed by atoms with Gasteiger partial charge in [0.2, 0.25) is 0 Å². The summed E-state index contributed by atoms with van der Waals surface area (Å²) in [5.41, 5.74) is -4.19. The van der Waals surface area contributed by atoms with Gasteiger partial charge in [-0.15, -0.1) is 11.8 Å². The molecule has 0 rings (SSSR count). The molecule has 0 spiro atoms. The Morgan fingerprint density at radius 2 is 2.00 bits per heavy atom. The number of carbonyl (C=O) groups excluding carboxylic acids is 1. The average molecular weight is 262 g/mol. The number of carbonyl (C=O) groups is 1. The number of halogens is 3. The molecule has 0 aromatic heterocycles. The zero-order valence-electron chi connectivity index (χ0n) is 8.47. The Labute approximate surface area is 95.3 Å². The van der Waals surface area contributed by atoms with Gasteiger partial charge in [-0.1, -0.05) is 11.8 Å². The van der Waals surface area contributed by atoms with E-state index in [0.717, 1.165) is 0 Å². The second-order valence-corrected chi connectivity index (χ2v) is 5.17. The van der Waals surface area contributed by atoms with Crippen molar-refractivity contribution in [3.05, 3.63) is 0 Å². The lowest BCUT2D eigenvalue weighted by Crippen LogP contribution is -2.17. The lowest BCUT2D eigenvalue weighted by molar-refractivity contribution is -0.142. The van der Waals surface area contributed by atoms with Crippen LogP contribution in [-0.4, -0.2) is 34.8 Å². The molecule has 0 aromatic rings. The van der Waals surface area contributed by atoms with Gasteiger partial charge < -0.3 is 4.74 Å². The maximum atomic E-state index is 11.7. The Balaban J connectivity index is 3.55. The van der Waals surface area contributed by atoms with Crippen LogP contribution < -0.4 is 0 Å². The Morgan fingerprint density at radius 3 is 2.47 bits per heavy atom. The molecule has 0 saturated carbocycles. The molecule has 90 valence electrons. The van der Waals surface area contributed by atoms with Gasteiger partial charge in [0, 0.05) is 11.5 Å². The Kier molecular flexibility index (Phi) is 7.25. The van der Waals surface area contributed by atoms with E-state index in [0.29, 0.717) is 6.61 Å². The van der Waals surface area contributed by atoms with Crippen molar-refractivity contribution in [2.75, 3.05) is 18.1 Å². The fourth-order valence-corrected chi connectivity index (χ4v) is 2.22. The van der Waals surface area contributed by atoms with Crippen LogP contribution in [0, 0.1) is 0 Å². The van der Waals surface area contributed by atoms with Crippen LogP contribution >= 0.6 is 23.5 Å². The third-order valence-corrected chi connectivity index (χ3v) is 3.46. The monoisotopic (exact) mass is 262 g/mol. The van der Waals surface area contributed by atoms with E-state index >= 15 is 0 Å². The predicted molar refractivity (Wildman–Crippen MR) is 57.1 cm³/mol. The van der Waals surface area contributed by atoms with Crippen molar-refractivity contribution in [1.82, 2.24) is 0 Å². The second-order valence-electron chi connectivity index (χ2n) is 2.56. The van der Waals surface area contributed by atoms with Crippen molar-refractivity contribution in [1.29, 1.82) is 0 Å². The Bertz CT molecular complexity index is 197. The largest absolute Gasteiger partial charge is 0.465 e. The molecule has 0 N–H and O–H groups in total. The topological polar surface area (TPSA) is 26.3 Å². The minimum atomic E-state index is -4.19. The van der Waals surface area contributed by atoms with Gasteiger partial charge in [-0.2, -0.15) is 13.2 Å². The first-order chi connectivity index (χ1) is 6.87. The molecule has 0 radical (unpaired) electrons. The Hall–Kier alpha value is -0.0400. The molecule has 15 heavy (non-hydrogen) atoms. The quantitative estimate of drug-likeness (QED) is 0.543. The maximum Gasteiger partial charge on any atom is 0.441 e. The highest BCUT2D eigenvalue weighted by Crippen LogP contribution is 2.30. The van der Waals surface area contributed by atoms with E-state index in [1.165, 1.54) is 11.8 Å². The molecule has 0 aliphatic carbocycles. The SMILES string of the molecule is CCOC(=O)C(C)SCCSC(F)(F)F. The minimum absolute atomic E-state index is 0.0437. The van der Waals surface area contributed by atoms with Gasteiger partial charge in [-0.25, -0.2) is 0 Å². The number of ether oxygens (including phenoxy) is 1. The van der Waals surface area contributed by atoms with E-state index in [-0.39, 0.29) is 29.2 Å². The van der Waals surface area contributed by atoms with E-state index in [1.54, 1.807) is 13.8 Å². The summed E-state index contributed by atoms with van der Waals surface area (Å²) in [4.78, 5) is 11.1. The first-order valence-corrected chi connectivity index (χ1v) is 6.39. The predicted octanol–water partition coefficient (Wildman–Crippen LogP) is 2.92.